The van der Waals surface area contributed by atoms with E-state index in [1.54, 1.807) is 0 Å². The summed E-state index contributed by atoms with van der Waals surface area (Å²) in [6.07, 6.45) is 3.26. The molecule has 0 aliphatic carbocycles. The topological polar surface area (TPSA) is 30.9 Å². The number of hydrogen-bond acceptors (Lipinski definition) is 1. The maximum Gasteiger partial charge on any atom is 0.0483 e. The van der Waals surface area contributed by atoms with Crippen LogP contribution in [0.5, 0.6) is 0 Å². The molecule has 2 aromatic carbocycles. The molecule has 0 radical (unpaired) electrons. The zero-order valence-corrected chi connectivity index (χ0v) is 11.1. The fourth-order valence-electron chi connectivity index (χ4n) is 2.55. The van der Waals surface area contributed by atoms with Crippen LogP contribution in [0.2, 0.25) is 0 Å². The van der Waals surface area contributed by atoms with Crippen molar-refractivity contribution in [2.45, 2.75) is 19.9 Å². The number of aryl methyl sites for hydroxylation is 3. The molecule has 0 fully saturated rings. The number of nitrogen functional groups attached to an aromatic ring is 1. The van der Waals surface area contributed by atoms with Crippen molar-refractivity contribution >= 4 is 16.6 Å². The molecule has 0 atom stereocenters. The van der Waals surface area contributed by atoms with Crippen molar-refractivity contribution < 1.29 is 0 Å². The summed E-state index contributed by atoms with van der Waals surface area (Å²) in [5.41, 5.74) is 10.5. The summed E-state index contributed by atoms with van der Waals surface area (Å²) in [4.78, 5) is 0. The summed E-state index contributed by atoms with van der Waals surface area (Å²) in [6, 6.07) is 16.7. The molecule has 2 nitrogen and oxygen atoms in total. The first-order chi connectivity index (χ1) is 9.24. The smallest absolute Gasteiger partial charge is 0.0483 e. The van der Waals surface area contributed by atoms with Crippen LogP contribution in [0.25, 0.3) is 10.9 Å². The summed E-state index contributed by atoms with van der Waals surface area (Å²) < 4.78 is 2.33. The maximum atomic E-state index is 5.71. The maximum absolute atomic E-state index is 5.71. The summed E-state index contributed by atoms with van der Waals surface area (Å²) in [7, 11) is 0. The number of anilines is 1. The van der Waals surface area contributed by atoms with Crippen molar-refractivity contribution in [3.8, 4) is 0 Å². The van der Waals surface area contributed by atoms with Gasteiger partial charge in [-0.15, -0.1) is 0 Å². The second-order valence-corrected chi connectivity index (χ2v) is 5.01. The van der Waals surface area contributed by atoms with Crippen LogP contribution in [-0.4, -0.2) is 4.57 Å². The number of fused-ring (bicyclic) bond motifs is 1. The third-order valence-electron chi connectivity index (χ3n) is 3.61. The minimum Gasteiger partial charge on any atom is -0.399 e. The molecule has 3 aromatic rings. The van der Waals surface area contributed by atoms with Crippen molar-refractivity contribution in [2.24, 2.45) is 0 Å². The summed E-state index contributed by atoms with van der Waals surface area (Å²) in [5, 5.41) is 1.35. The first kappa shape index (κ1) is 11.8. The normalized spacial score (nSPS) is 11.0. The molecule has 3 rings (SSSR count). The predicted molar refractivity (Wildman–Crippen MR) is 81.2 cm³/mol. The molecular weight excluding hydrogens is 232 g/mol. The molecule has 1 aromatic heterocycles. The molecule has 0 unspecified atom stereocenters. The van der Waals surface area contributed by atoms with Crippen LogP contribution in [0.1, 0.15) is 11.1 Å². The summed E-state index contributed by atoms with van der Waals surface area (Å²) >= 11 is 0. The molecule has 0 spiro atoms. The Morgan fingerprint density at radius 2 is 1.74 bits per heavy atom. The average Bonchev–Trinajstić information content (AvgIpc) is 2.76. The lowest BCUT2D eigenvalue weighted by molar-refractivity contribution is 0.721. The SMILES string of the molecule is Cc1cn(CCc2ccc(N)cc2)c2ccccc12. The van der Waals surface area contributed by atoms with Gasteiger partial charge in [-0.3, -0.25) is 0 Å². The highest BCUT2D eigenvalue weighted by Crippen LogP contribution is 2.20. The van der Waals surface area contributed by atoms with Gasteiger partial charge in [0, 0.05) is 29.3 Å². The molecular formula is C17H18N2. The lowest BCUT2D eigenvalue weighted by Gasteiger charge is -2.06. The number of rotatable bonds is 3. The van der Waals surface area contributed by atoms with Crippen molar-refractivity contribution in [1.29, 1.82) is 0 Å². The van der Waals surface area contributed by atoms with Crippen LogP contribution in [0.3, 0.4) is 0 Å². The number of benzene rings is 2. The van der Waals surface area contributed by atoms with Crippen molar-refractivity contribution in [2.75, 3.05) is 5.73 Å². The third kappa shape index (κ3) is 2.34. The monoisotopic (exact) mass is 250 g/mol. The zero-order chi connectivity index (χ0) is 13.2. The second-order valence-electron chi connectivity index (χ2n) is 5.01. The van der Waals surface area contributed by atoms with E-state index in [4.69, 9.17) is 5.73 Å². The van der Waals surface area contributed by atoms with Crippen molar-refractivity contribution in [3.63, 3.8) is 0 Å². The van der Waals surface area contributed by atoms with Crippen molar-refractivity contribution in [3.05, 3.63) is 65.9 Å². The van der Waals surface area contributed by atoms with Crippen molar-refractivity contribution in [1.82, 2.24) is 4.57 Å². The largest absolute Gasteiger partial charge is 0.399 e. The van der Waals surface area contributed by atoms with Crippen LogP contribution >= 0.6 is 0 Å². The molecule has 19 heavy (non-hydrogen) atoms. The lowest BCUT2D eigenvalue weighted by Crippen LogP contribution is -1.99. The highest BCUT2D eigenvalue weighted by molar-refractivity contribution is 5.83. The minimum absolute atomic E-state index is 0.825. The van der Waals surface area contributed by atoms with E-state index in [0.29, 0.717) is 0 Å². The summed E-state index contributed by atoms with van der Waals surface area (Å²) in [5.74, 6) is 0. The molecule has 0 aliphatic rings. The fourth-order valence-corrected chi connectivity index (χ4v) is 2.55. The van der Waals surface area contributed by atoms with E-state index in [2.05, 4.69) is 54.1 Å². The van der Waals surface area contributed by atoms with Gasteiger partial charge < -0.3 is 10.3 Å². The Labute approximate surface area is 113 Å². The standard InChI is InChI=1S/C17H18N2/c1-13-12-19(17-5-3-2-4-16(13)17)11-10-14-6-8-15(18)9-7-14/h2-9,12H,10-11,18H2,1H3. The number of hydrogen-bond donors (Lipinski definition) is 1. The molecule has 2 N–H and O–H groups in total. The van der Waals surface area contributed by atoms with Crippen LogP contribution in [-0.2, 0) is 13.0 Å². The van der Waals surface area contributed by atoms with E-state index in [1.165, 1.54) is 22.0 Å². The first-order valence-corrected chi connectivity index (χ1v) is 6.63. The van der Waals surface area contributed by atoms with Gasteiger partial charge >= 0.3 is 0 Å². The van der Waals surface area contributed by atoms with E-state index in [1.807, 2.05) is 12.1 Å². The minimum atomic E-state index is 0.825. The highest BCUT2D eigenvalue weighted by atomic mass is 15.0. The van der Waals surface area contributed by atoms with E-state index in [9.17, 15) is 0 Å². The van der Waals surface area contributed by atoms with Gasteiger partial charge in [0.1, 0.15) is 0 Å². The Kier molecular flexibility index (Phi) is 3.00. The Hall–Kier alpha value is -2.22. The van der Waals surface area contributed by atoms with Gasteiger partial charge in [-0.2, -0.15) is 0 Å². The van der Waals surface area contributed by atoms with E-state index < -0.39 is 0 Å². The van der Waals surface area contributed by atoms with Crippen LogP contribution < -0.4 is 5.73 Å². The Morgan fingerprint density at radius 1 is 1.00 bits per heavy atom. The van der Waals surface area contributed by atoms with E-state index >= 15 is 0 Å². The first-order valence-electron chi connectivity index (χ1n) is 6.63. The molecule has 0 bridgehead atoms. The van der Waals surface area contributed by atoms with Gasteiger partial charge in [0.2, 0.25) is 0 Å². The second kappa shape index (κ2) is 4.81. The number of nitrogens with two attached hydrogens (primary N) is 1. The van der Waals surface area contributed by atoms with Crippen LogP contribution in [0.4, 0.5) is 5.69 Å². The van der Waals surface area contributed by atoms with Gasteiger partial charge in [-0.25, -0.2) is 0 Å². The molecule has 0 saturated carbocycles. The van der Waals surface area contributed by atoms with Gasteiger partial charge in [-0.1, -0.05) is 30.3 Å². The Morgan fingerprint density at radius 3 is 2.53 bits per heavy atom. The van der Waals surface area contributed by atoms with E-state index in [0.717, 1.165) is 18.7 Å². The van der Waals surface area contributed by atoms with Gasteiger partial charge in [0.05, 0.1) is 0 Å². The molecule has 2 heteroatoms. The fraction of sp³-hybridized carbons (Fsp3) is 0.176. The van der Waals surface area contributed by atoms with Crippen LogP contribution in [0, 0.1) is 6.92 Å². The lowest BCUT2D eigenvalue weighted by atomic mass is 10.1. The zero-order valence-electron chi connectivity index (χ0n) is 11.1. The number of para-hydroxylation sites is 1. The number of nitrogens with zero attached hydrogens (tertiary/aromatic N) is 1. The van der Waals surface area contributed by atoms with Gasteiger partial charge in [0.25, 0.3) is 0 Å². The summed E-state index contributed by atoms with van der Waals surface area (Å²) in [6.45, 7) is 3.17. The molecule has 0 aliphatic heterocycles. The molecule has 0 amide bonds. The van der Waals surface area contributed by atoms with Gasteiger partial charge in [-0.05, 0) is 42.7 Å². The third-order valence-corrected chi connectivity index (χ3v) is 3.61. The Balaban J connectivity index is 1.84. The highest BCUT2D eigenvalue weighted by Gasteiger charge is 2.04. The average molecular weight is 250 g/mol. The quantitative estimate of drug-likeness (QED) is 0.705. The van der Waals surface area contributed by atoms with Crippen LogP contribution in [0.15, 0.2) is 54.7 Å². The predicted octanol–water partition coefficient (Wildman–Crippen LogP) is 3.77. The van der Waals surface area contributed by atoms with Gasteiger partial charge in [0.15, 0.2) is 0 Å². The number of aromatic nitrogens is 1. The molecule has 0 saturated heterocycles. The van der Waals surface area contributed by atoms with E-state index in [-0.39, 0.29) is 0 Å². The molecule has 96 valence electrons. The Bertz CT molecular complexity index is 693. The molecule has 1 heterocycles.